The van der Waals surface area contributed by atoms with Crippen LogP contribution in [0.1, 0.15) is 27.7 Å². The molecule has 21 heavy (non-hydrogen) atoms. The van der Waals surface area contributed by atoms with E-state index in [1.807, 2.05) is 0 Å². The molecule has 0 radical (unpaired) electrons. The highest BCUT2D eigenvalue weighted by atomic mass is 35.5. The molecule has 0 saturated carbocycles. The molecule has 0 fully saturated rings. The summed E-state index contributed by atoms with van der Waals surface area (Å²) in [6.45, 7) is 7.41. The minimum absolute atomic E-state index is 0.123. The van der Waals surface area contributed by atoms with E-state index in [0.717, 1.165) is 0 Å². The monoisotopic (exact) mass is 314 g/mol. The lowest BCUT2D eigenvalue weighted by Crippen LogP contribution is -2.37. The summed E-state index contributed by atoms with van der Waals surface area (Å²) >= 11 is 5.89. The summed E-state index contributed by atoms with van der Waals surface area (Å²) in [7, 11) is 0. The lowest BCUT2D eigenvalue weighted by Gasteiger charge is -2.26. The standard InChI is InChI=1S/C13H19ClN4O3/c1-5-18(12(20)21-13(2,3)4)10-7-8(16-11(15)19)6-9(14)17-10/h6-7H,5H2,1-4H3,(H3,15,16,17,19). The van der Waals surface area contributed by atoms with Gasteiger partial charge in [0.25, 0.3) is 0 Å². The number of aromatic nitrogens is 1. The maximum atomic E-state index is 12.1. The molecule has 0 aliphatic heterocycles. The van der Waals surface area contributed by atoms with E-state index < -0.39 is 17.7 Å². The molecule has 7 nitrogen and oxygen atoms in total. The van der Waals surface area contributed by atoms with Crippen LogP contribution in [-0.2, 0) is 4.74 Å². The van der Waals surface area contributed by atoms with E-state index in [-0.39, 0.29) is 11.0 Å². The average molecular weight is 315 g/mol. The van der Waals surface area contributed by atoms with Crippen LogP contribution in [0.3, 0.4) is 0 Å². The summed E-state index contributed by atoms with van der Waals surface area (Å²) in [4.78, 5) is 28.4. The number of hydrogen-bond acceptors (Lipinski definition) is 4. The second-order valence-corrected chi connectivity index (χ2v) is 5.64. The first-order valence-corrected chi connectivity index (χ1v) is 6.74. The van der Waals surface area contributed by atoms with Gasteiger partial charge in [-0.2, -0.15) is 0 Å². The third kappa shape index (κ3) is 5.47. The molecule has 0 aliphatic carbocycles. The Morgan fingerprint density at radius 1 is 1.43 bits per heavy atom. The SMILES string of the molecule is CCN(C(=O)OC(C)(C)C)c1cc(NC(N)=O)cc(Cl)n1. The molecule has 8 heteroatoms. The van der Waals surface area contributed by atoms with Gasteiger partial charge in [0, 0.05) is 18.3 Å². The Balaban J connectivity index is 3.07. The number of ether oxygens (including phenoxy) is 1. The average Bonchev–Trinajstić information content (AvgIpc) is 2.25. The maximum Gasteiger partial charge on any atom is 0.415 e. The van der Waals surface area contributed by atoms with E-state index in [1.165, 1.54) is 17.0 Å². The fourth-order valence-corrected chi connectivity index (χ4v) is 1.74. The molecule has 0 aromatic carbocycles. The van der Waals surface area contributed by atoms with Crippen molar-refractivity contribution in [2.75, 3.05) is 16.8 Å². The number of pyridine rings is 1. The predicted octanol–water partition coefficient (Wildman–Crippen LogP) is 2.99. The number of carbonyl (C=O) groups is 2. The van der Waals surface area contributed by atoms with Crippen LogP contribution < -0.4 is 16.0 Å². The smallest absolute Gasteiger partial charge is 0.415 e. The topological polar surface area (TPSA) is 97.5 Å². The van der Waals surface area contributed by atoms with Crippen molar-refractivity contribution in [1.29, 1.82) is 0 Å². The largest absolute Gasteiger partial charge is 0.443 e. The Bertz CT molecular complexity index is 543. The van der Waals surface area contributed by atoms with Crippen LogP contribution in [0, 0.1) is 0 Å². The van der Waals surface area contributed by atoms with Gasteiger partial charge in [-0.05, 0) is 33.8 Å². The molecule has 0 unspecified atom stereocenters. The number of rotatable bonds is 3. The summed E-state index contributed by atoms with van der Waals surface area (Å²) < 4.78 is 5.30. The van der Waals surface area contributed by atoms with Gasteiger partial charge in [-0.25, -0.2) is 14.6 Å². The molecular weight excluding hydrogens is 296 g/mol. The zero-order valence-electron chi connectivity index (χ0n) is 12.4. The van der Waals surface area contributed by atoms with E-state index in [1.54, 1.807) is 27.7 Å². The van der Waals surface area contributed by atoms with Crippen molar-refractivity contribution in [2.24, 2.45) is 5.73 Å². The van der Waals surface area contributed by atoms with E-state index in [2.05, 4.69) is 10.3 Å². The second kappa shape index (κ2) is 6.62. The first-order valence-electron chi connectivity index (χ1n) is 6.37. The van der Waals surface area contributed by atoms with Gasteiger partial charge in [-0.3, -0.25) is 4.90 Å². The van der Waals surface area contributed by atoms with Crippen LogP contribution in [0.25, 0.3) is 0 Å². The fourth-order valence-electron chi connectivity index (χ4n) is 1.54. The molecule has 1 heterocycles. The molecule has 0 atom stereocenters. The highest BCUT2D eigenvalue weighted by molar-refractivity contribution is 6.29. The van der Waals surface area contributed by atoms with Crippen LogP contribution in [0.2, 0.25) is 5.15 Å². The molecule has 0 spiro atoms. The Kier molecular flexibility index (Phi) is 5.37. The van der Waals surface area contributed by atoms with Crippen molar-refractivity contribution in [3.63, 3.8) is 0 Å². The summed E-state index contributed by atoms with van der Waals surface area (Å²) in [5.74, 6) is 0.267. The molecule has 1 rings (SSSR count). The first-order chi connectivity index (χ1) is 9.62. The van der Waals surface area contributed by atoms with Gasteiger partial charge in [0.05, 0.1) is 0 Å². The molecule has 3 N–H and O–H groups in total. The Morgan fingerprint density at radius 2 is 2.05 bits per heavy atom. The number of hydrogen-bond donors (Lipinski definition) is 2. The van der Waals surface area contributed by atoms with Crippen molar-refractivity contribution in [1.82, 2.24) is 4.98 Å². The first kappa shape index (κ1) is 17.0. The van der Waals surface area contributed by atoms with Crippen molar-refractivity contribution >= 4 is 35.2 Å². The van der Waals surface area contributed by atoms with Crippen LogP contribution in [0.5, 0.6) is 0 Å². The number of nitrogens with two attached hydrogens (primary N) is 1. The molecular formula is C13H19ClN4O3. The molecule has 0 aliphatic rings. The summed E-state index contributed by atoms with van der Waals surface area (Å²) in [6, 6.07) is 2.19. The zero-order valence-corrected chi connectivity index (χ0v) is 13.2. The van der Waals surface area contributed by atoms with Gasteiger partial charge in [-0.15, -0.1) is 0 Å². The number of halogens is 1. The summed E-state index contributed by atoms with van der Waals surface area (Å²) in [5, 5.41) is 2.51. The van der Waals surface area contributed by atoms with Crippen molar-refractivity contribution < 1.29 is 14.3 Å². The lowest BCUT2D eigenvalue weighted by molar-refractivity contribution is 0.0581. The molecule has 1 aromatic heterocycles. The van der Waals surface area contributed by atoms with Crippen LogP contribution >= 0.6 is 11.6 Å². The summed E-state index contributed by atoms with van der Waals surface area (Å²) in [6.07, 6.45) is -0.551. The van der Waals surface area contributed by atoms with Crippen LogP contribution in [0.15, 0.2) is 12.1 Å². The number of amides is 3. The molecule has 3 amide bonds. The normalized spacial score (nSPS) is 10.9. The van der Waals surface area contributed by atoms with E-state index >= 15 is 0 Å². The third-order valence-electron chi connectivity index (χ3n) is 2.25. The van der Waals surface area contributed by atoms with Gasteiger partial charge in [0.2, 0.25) is 0 Å². The highest BCUT2D eigenvalue weighted by Crippen LogP contribution is 2.23. The summed E-state index contributed by atoms with van der Waals surface area (Å²) in [5.41, 5.74) is 4.78. The van der Waals surface area contributed by atoms with Gasteiger partial charge in [0.15, 0.2) is 0 Å². The number of urea groups is 1. The minimum atomic E-state index is -0.733. The number of nitrogens with zero attached hydrogens (tertiary/aromatic N) is 2. The number of primary amides is 1. The Hall–Kier alpha value is -2.02. The molecule has 116 valence electrons. The lowest BCUT2D eigenvalue weighted by atomic mass is 10.2. The quantitative estimate of drug-likeness (QED) is 0.838. The van der Waals surface area contributed by atoms with Crippen molar-refractivity contribution in [3.8, 4) is 0 Å². The van der Waals surface area contributed by atoms with E-state index in [0.29, 0.717) is 12.2 Å². The van der Waals surface area contributed by atoms with Gasteiger partial charge in [-0.1, -0.05) is 11.6 Å². The third-order valence-corrected chi connectivity index (χ3v) is 2.45. The Labute approximate surface area is 128 Å². The predicted molar refractivity (Wildman–Crippen MR) is 81.7 cm³/mol. The molecule has 1 aromatic rings. The van der Waals surface area contributed by atoms with Gasteiger partial charge in [0.1, 0.15) is 16.6 Å². The van der Waals surface area contributed by atoms with E-state index in [4.69, 9.17) is 22.1 Å². The Morgan fingerprint density at radius 3 is 2.52 bits per heavy atom. The minimum Gasteiger partial charge on any atom is -0.443 e. The maximum absolute atomic E-state index is 12.1. The van der Waals surface area contributed by atoms with Crippen molar-refractivity contribution in [3.05, 3.63) is 17.3 Å². The second-order valence-electron chi connectivity index (χ2n) is 5.25. The van der Waals surface area contributed by atoms with Gasteiger partial charge >= 0.3 is 12.1 Å². The fraction of sp³-hybridized carbons (Fsp3) is 0.462. The number of carbonyl (C=O) groups excluding carboxylic acids is 2. The van der Waals surface area contributed by atoms with Crippen LogP contribution in [0.4, 0.5) is 21.1 Å². The number of nitrogens with one attached hydrogen (secondary N) is 1. The zero-order chi connectivity index (χ0) is 16.2. The molecule has 0 bridgehead atoms. The molecule has 0 saturated heterocycles. The van der Waals surface area contributed by atoms with E-state index in [9.17, 15) is 9.59 Å². The number of anilines is 2. The van der Waals surface area contributed by atoms with Crippen molar-refractivity contribution in [2.45, 2.75) is 33.3 Å². The van der Waals surface area contributed by atoms with Crippen LogP contribution in [-0.4, -0.2) is 29.3 Å². The van der Waals surface area contributed by atoms with Gasteiger partial charge < -0.3 is 15.8 Å². The highest BCUT2D eigenvalue weighted by Gasteiger charge is 2.23.